The summed E-state index contributed by atoms with van der Waals surface area (Å²) in [6.07, 6.45) is 9.89. The number of hydrogen-bond acceptors (Lipinski definition) is 3. The van der Waals surface area contributed by atoms with E-state index in [-0.39, 0.29) is 5.91 Å². The molecule has 0 spiro atoms. The van der Waals surface area contributed by atoms with Gasteiger partial charge in [-0.05, 0) is 57.0 Å². The zero-order valence-corrected chi connectivity index (χ0v) is 14.7. The van der Waals surface area contributed by atoms with Crippen LogP contribution in [0.2, 0.25) is 0 Å². The van der Waals surface area contributed by atoms with Crippen LogP contribution in [0.3, 0.4) is 0 Å². The number of likely N-dealkylation sites (tertiary alicyclic amines) is 2. The molecule has 2 aliphatic heterocycles. The quantitative estimate of drug-likeness (QED) is 0.864. The lowest BCUT2D eigenvalue weighted by Crippen LogP contribution is -2.51. The molecule has 0 radical (unpaired) electrons. The second-order valence-electron chi connectivity index (χ2n) is 7.11. The van der Waals surface area contributed by atoms with Crippen LogP contribution in [0.4, 0.5) is 0 Å². The van der Waals surface area contributed by atoms with E-state index < -0.39 is 0 Å². The Morgan fingerprint density at radius 2 is 1.84 bits per heavy atom. The third-order valence-electron chi connectivity index (χ3n) is 5.48. The molecule has 1 atom stereocenters. The van der Waals surface area contributed by atoms with Gasteiger partial charge in [-0.15, -0.1) is 0 Å². The summed E-state index contributed by atoms with van der Waals surface area (Å²) in [4.78, 5) is 17.9. The lowest BCUT2D eigenvalue weighted by atomic mass is 10.00. The van der Waals surface area contributed by atoms with Crippen LogP contribution in [-0.4, -0.2) is 57.7 Å². The monoisotopic (exact) mass is 338 g/mol. The van der Waals surface area contributed by atoms with Crippen LogP contribution in [-0.2, 0) is 0 Å². The summed E-state index contributed by atoms with van der Waals surface area (Å²) in [6, 6.07) is 10.2. The van der Waals surface area contributed by atoms with Crippen LogP contribution in [0, 0.1) is 0 Å². The van der Waals surface area contributed by atoms with Crippen LogP contribution in [0.15, 0.2) is 42.7 Å². The van der Waals surface area contributed by atoms with E-state index in [2.05, 4.69) is 10.00 Å². The van der Waals surface area contributed by atoms with E-state index >= 15 is 0 Å². The van der Waals surface area contributed by atoms with E-state index in [1.54, 1.807) is 10.9 Å². The predicted octanol–water partition coefficient (Wildman–Crippen LogP) is 2.96. The first kappa shape index (κ1) is 16.3. The minimum atomic E-state index is 0.132. The Hall–Kier alpha value is -2.14. The van der Waals surface area contributed by atoms with Crippen molar-refractivity contribution in [3.63, 3.8) is 0 Å². The number of amides is 1. The van der Waals surface area contributed by atoms with Crippen molar-refractivity contribution in [2.24, 2.45) is 0 Å². The maximum atomic E-state index is 13.2. The van der Waals surface area contributed by atoms with Gasteiger partial charge in [-0.2, -0.15) is 5.10 Å². The summed E-state index contributed by atoms with van der Waals surface area (Å²) >= 11 is 0. The topological polar surface area (TPSA) is 41.4 Å². The minimum Gasteiger partial charge on any atom is -0.337 e. The van der Waals surface area contributed by atoms with Crippen LogP contribution < -0.4 is 0 Å². The van der Waals surface area contributed by atoms with Gasteiger partial charge in [0.05, 0.1) is 11.3 Å². The molecule has 25 heavy (non-hydrogen) atoms. The summed E-state index contributed by atoms with van der Waals surface area (Å²) in [5, 5.41) is 4.30. The zero-order chi connectivity index (χ0) is 17.1. The molecule has 0 N–H and O–H groups in total. The van der Waals surface area contributed by atoms with E-state index in [0.717, 1.165) is 30.8 Å². The number of carbonyl (C=O) groups excluding carboxylic acids is 1. The predicted molar refractivity (Wildman–Crippen MR) is 97.9 cm³/mol. The largest absolute Gasteiger partial charge is 0.337 e. The molecular formula is C20H26N4O. The van der Waals surface area contributed by atoms with Gasteiger partial charge in [0.15, 0.2) is 0 Å². The molecule has 5 nitrogen and oxygen atoms in total. The number of aromatic nitrogens is 2. The minimum absolute atomic E-state index is 0.132. The van der Waals surface area contributed by atoms with Gasteiger partial charge < -0.3 is 4.90 Å². The summed E-state index contributed by atoms with van der Waals surface area (Å²) in [5.74, 6) is 0.132. The number of benzene rings is 1. The summed E-state index contributed by atoms with van der Waals surface area (Å²) in [5.41, 5.74) is 1.60. The van der Waals surface area contributed by atoms with Crippen molar-refractivity contribution < 1.29 is 4.79 Å². The third-order valence-corrected chi connectivity index (χ3v) is 5.48. The highest BCUT2D eigenvalue weighted by Gasteiger charge is 2.29. The van der Waals surface area contributed by atoms with Gasteiger partial charge in [-0.3, -0.25) is 9.69 Å². The second kappa shape index (κ2) is 7.40. The lowest BCUT2D eigenvalue weighted by molar-refractivity contribution is 0.0537. The Labute approximate surface area is 149 Å². The van der Waals surface area contributed by atoms with Gasteiger partial charge in [0.1, 0.15) is 0 Å². The summed E-state index contributed by atoms with van der Waals surface area (Å²) in [7, 11) is 0. The van der Waals surface area contributed by atoms with Gasteiger partial charge in [0, 0.05) is 31.5 Å². The fourth-order valence-corrected chi connectivity index (χ4v) is 4.16. The number of nitrogens with zero attached hydrogens (tertiary/aromatic N) is 4. The fraction of sp³-hybridized carbons (Fsp3) is 0.500. The van der Waals surface area contributed by atoms with E-state index in [1.807, 2.05) is 41.4 Å². The molecule has 0 aliphatic carbocycles. The van der Waals surface area contributed by atoms with Crippen molar-refractivity contribution in [3.8, 4) is 5.69 Å². The molecule has 4 rings (SSSR count). The molecule has 1 amide bonds. The van der Waals surface area contributed by atoms with Crippen LogP contribution >= 0.6 is 0 Å². The third kappa shape index (κ3) is 3.47. The van der Waals surface area contributed by atoms with Crippen molar-refractivity contribution in [2.75, 3.05) is 26.2 Å². The lowest BCUT2D eigenvalue weighted by Gasteiger charge is -2.41. The Balaban J connectivity index is 1.53. The van der Waals surface area contributed by atoms with Gasteiger partial charge >= 0.3 is 0 Å². The normalized spacial score (nSPS) is 22.1. The first-order chi connectivity index (χ1) is 12.3. The molecule has 0 unspecified atom stereocenters. The van der Waals surface area contributed by atoms with Crippen LogP contribution in [0.25, 0.3) is 5.69 Å². The standard InChI is InChI=1S/C20H26N4O/c25-20(18-9-2-3-10-19(18)24-15-7-11-21-24)23-14-6-8-17(16-23)22-12-4-1-5-13-22/h2-3,7,9-11,15,17H,1,4-6,8,12-14,16H2/t17-/m1/s1. The summed E-state index contributed by atoms with van der Waals surface area (Å²) in [6.45, 7) is 4.09. The number of rotatable bonds is 3. The molecule has 1 aromatic heterocycles. The Kier molecular flexibility index (Phi) is 4.83. The van der Waals surface area contributed by atoms with E-state index in [0.29, 0.717) is 6.04 Å². The molecule has 3 heterocycles. The molecule has 132 valence electrons. The number of carbonyl (C=O) groups is 1. The van der Waals surface area contributed by atoms with Gasteiger partial charge in [0.2, 0.25) is 0 Å². The molecule has 2 fully saturated rings. The first-order valence-electron chi connectivity index (χ1n) is 9.45. The highest BCUT2D eigenvalue weighted by Crippen LogP contribution is 2.23. The molecular weight excluding hydrogens is 312 g/mol. The molecule has 1 aromatic carbocycles. The SMILES string of the molecule is O=C(c1ccccc1-n1cccn1)N1CCC[C@@H](N2CCCCC2)C1. The molecule has 0 saturated carbocycles. The van der Waals surface area contributed by atoms with Crippen molar-refractivity contribution in [1.29, 1.82) is 0 Å². The summed E-state index contributed by atoms with van der Waals surface area (Å²) < 4.78 is 1.78. The fourth-order valence-electron chi connectivity index (χ4n) is 4.16. The highest BCUT2D eigenvalue weighted by atomic mass is 16.2. The average molecular weight is 338 g/mol. The molecule has 5 heteroatoms. The van der Waals surface area contributed by atoms with Gasteiger partial charge in [-0.25, -0.2) is 4.68 Å². The van der Waals surface area contributed by atoms with Crippen molar-refractivity contribution >= 4 is 5.91 Å². The Morgan fingerprint density at radius 1 is 1.00 bits per heavy atom. The number of piperidine rings is 2. The maximum Gasteiger partial charge on any atom is 0.256 e. The maximum absolute atomic E-state index is 13.2. The number of hydrogen-bond donors (Lipinski definition) is 0. The Morgan fingerprint density at radius 3 is 2.64 bits per heavy atom. The highest BCUT2D eigenvalue weighted by molar-refractivity contribution is 5.97. The van der Waals surface area contributed by atoms with E-state index in [4.69, 9.17) is 0 Å². The van der Waals surface area contributed by atoms with Crippen LogP contribution in [0.1, 0.15) is 42.5 Å². The Bertz CT molecular complexity index is 706. The van der Waals surface area contributed by atoms with Crippen molar-refractivity contribution in [3.05, 3.63) is 48.3 Å². The first-order valence-corrected chi connectivity index (χ1v) is 9.45. The van der Waals surface area contributed by atoms with Crippen molar-refractivity contribution in [1.82, 2.24) is 19.6 Å². The molecule has 2 saturated heterocycles. The second-order valence-corrected chi connectivity index (χ2v) is 7.11. The van der Waals surface area contributed by atoms with Crippen molar-refractivity contribution in [2.45, 2.75) is 38.1 Å². The molecule has 0 bridgehead atoms. The smallest absolute Gasteiger partial charge is 0.256 e. The molecule has 2 aromatic rings. The van der Waals surface area contributed by atoms with E-state index in [1.165, 1.54) is 38.8 Å². The van der Waals surface area contributed by atoms with E-state index in [9.17, 15) is 4.79 Å². The number of para-hydroxylation sites is 1. The van der Waals surface area contributed by atoms with Gasteiger partial charge in [0.25, 0.3) is 5.91 Å². The zero-order valence-electron chi connectivity index (χ0n) is 14.7. The molecule has 2 aliphatic rings. The average Bonchev–Trinajstić information content (AvgIpc) is 3.23. The van der Waals surface area contributed by atoms with Gasteiger partial charge in [-0.1, -0.05) is 18.6 Å². The van der Waals surface area contributed by atoms with Crippen LogP contribution in [0.5, 0.6) is 0 Å².